The summed E-state index contributed by atoms with van der Waals surface area (Å²) in [6, 6.07) is 7.57. The van der Waals surface area contributed by atoms with Crippen LogP contribution in [0.2, 0.25) is 0 Å². The van der Waals surface area contributed by atoms with Gasteiger partial charge in [-0.25, -0.2) is 4.68 Å². The highest BCUT2D eigenvalue weighted by Gasteiger charge is 2.08. The van der Waals surface area contributed by atoms with E-state index in [9.17, 15) is 0 Å². The van der Waals surface area contributed by atoms with Crippen LogP contribution in [0.3, 0.4) is 0 Å². The second kappa shape index (κ2) is 7.00. The van der Waals surface area contributed by atoms with E-state index in [0.29, 0.717) is 18.2 Å². The maximum atomic E-state index is 5.78. The van der Waals surface area contributed by atoms with E-state index in [1.165, 1.54) is 0 Å². The normalized spacial score (nSPS) is 11.2. The van der Waals surface area contributed by atoms with Crippen LogP contribution in [0.15, 0.2) is 24.3 Å². The number of hydrogen-bond acceptors (Lipinski definition) is 5. The molecule has 0 unspecified atom stereocenters. The molecule has 20 heavy (non-hydrogen) atoms. The minimum Gasteiger partial charge on any atom is -0.399 e. The minimum atomic E-state index is 0.561. The van der Waals surface area contributed by atoms with Gasteiger partial charge in [-0.3, -0.25) is 0 Å². The largest absolute Gasteiger partial charge is 0.399 e. The predicted molar refractivity (Wildman–Crippen MR) is 77.9 cm³/mol. The van der Waals surface area contributed by atoms with E-state index in [1.807, 2.05) is 24.3 Å². The minimum absolute atomic E-state index is 0.561. The van der Waals surface area contributed by atoms with Crippen molar-refractivity contribution < 1.29 is 4.74 Å². The van der Waals surface area contributed by atoms with Crippen LogP contribution in [-0.2, 0) is 11.3 Å². The lowest BCUT2D eigenvalue weighted by molar-refractivity contribution is 0.105. The Hall–Kier alpha value is -1.95. The van der Waals surface area contributed by atoms with Crippen molar-refractivity contribution in [2.45, 2.75) is 26.8 Å². The van der Waals surface area contributed by atoms with Crippen molar-refractivity contribution in [2.75, 3.05) is 18.9 Å². The van der Waals surface area contributed by atoms with E-state index < -0.39 is 0 Å². The molecule has 1 heterocycles. The van der Waals surface area contributed by atoms with E-state index in [0.717, 1.165) is 31.0 Å². The molecule has 0 radical (unpaired) electrons. The Kier molecular flexibility index (Phi) is 5.06. The Morgan fingerprint density at radius 1 is 1.35 bits per heavy atom. The Labute approximate surface area is 118 Å². The zero-order valence-corrected chi connectivity index (χ0v) is 12.0. The van der Waals surface area contributed by atoms with Gasteiger partial charge in [-0.2, -0.15) is 0 Å². The number of ether oxygens (including phenoxy) is 1. The molecule has 0 saturated heterocycles. The highest BCUT2D eigenvalue weighted by Crippen LogP contribution is 2.18. The average molecular weight is 275 g/mol. The second-order valence-electron chi connectivity index (χ2n) is 5.17. The van der Waals surface area contributed by atoms with Gasteiger partial charge in [-0.05, 0) is 34.9 Å². The Morgan fingerprint density at radius 2 is 2.20 bits per heavy atom. The Balaban J connectivity index is 1.92. The average Bonchev–Trinajstić information content (AvgIpc) is 2.86. The first-order chi connectivity index (χ1) is 9.66. The first-order valence-electron chi connectivity index (χ1n) is 6.86. The van der Waals surface area contributed by atoms with Crippen LogP contribution < -0.4 is 5.73 Å². The molecule has 1 aromatic carbocycles. The molecule has 0 aliphatic rings. The molecule has 0 aliphatic carbocycles. The lowest BCUT2D eigenvalue weighted by Crippen LogP contribution is -2.08. The fourth-order valence-electron chi connectivity index (χ4n) is 1.88. The molecular weight excluding hydrogens is 254 g/mol. The van der Waals surface area contributed by atoms with Gasteiger partial charge >= 0.3 is 0 Å². The second-order valence-corrected chi connectivity index (χ2v) is 5.17. The van der Waals surface area contributed by atoms with Crippen LogP contribution in [0.1, 0.15) is 20.3 Å². The Bertz CT molecular complexity index is 538. The van der Waals surface area contributed by atoms with Crippen LogP contribution in [0.4, 0.5) is 5.69 Å². The van der Waals surface area contributed by atoms with E-state index in [-0.39, 0.29) is 0 Å². The highest BCUT2D eigenvalue weighted by atomic mass is 16.5. The molecule has 2 N–H and O–H groups in total. The maximum Gasteiger partial charge on any atom is 0.182 e. The van der Waals surface area contributed by atoms with E-state index in [1.54, 1.807) is 4.68 Å². The molecule has 1 aromatic heterocycles. The van der Waals surface area contributed by atoms with Gasteiger partial charge in [-0.15, -0.1) is 5.10 Å². The van der Waals surface area contributed by atoms with Crippen LogP contribution in [0.25, 0.3) is 11.4 Å². The summed E-state index contributed by atoms with van der Waals surface area (Å²) in [6.45, 7) is 6.51. The van der Waals surface area contributed by atoms with Crippen molar-refractivity contribution in [3.8, 4) is 11.4 Å². The molecular formula is C14H21N5O. The molecule has 0 amide bonds. The van der Waals surface area contributed by atoms with E-state index in [2.05, 4.69) is 29.4 Å². The molecule has 0 aliphatic heterocycles. The summed E-state index contributed by atoms with van der Waals surface area (Å²) in [7, 11) is 0. The zero-order chi connectivity index (χ0) is 14.4. The molecule has 6 heteroatoms. The first-order valence-corrected chi connectivity index (χ1v) is 6.86. The Morgan fingerprint density at radius 3 is 2.95 bits per heavy atom. The fourth-order valence-corrected chi connectivity index (χ4v) is 1.88. The smallest absolute Gasteiger partial charge is 0.182 e. The molecule has 2 rings (SSSR count). The summed E-state index contributed by atoms with van der Waals surface area (Å²) in [6.07, 6.45) is 0.882. The lowest BCUT2D eigenvalue weighted by Gasteiger charge is -2.07. The van der Waals surface area contributed by atoms with E-state index >= 15 is 0 Å². The summed E-state index contributed by atoms with van der Waals surface area (Å²) in [5, 5.41) is 11.8. The van der Waals surface area contributed by atoms with Crippen molar-refractivity contribution >= 4 is 5.69 Å². The molecule has 0 saturated carbocycles. The van der Waals surface area contributed by atoms with Crippen LogP contribution in [-0.4, -0.2) is 33.4 Å². The third kappa shape index (κ3) is 4.03. The van der Waals surface area contributed by atoms with Gasteiger partial charge < -0.3 is 10.5 Å². The summed E-state index contributed by atoms with van der Waals surface area (Å²) in [4.78, 5) is 0. The standard InChI is InChI=1S/C14H21N5O/c1-11(2)10-20-8-4-7-19-14(16-17-18-19)12-5-3-6-13(15)9-12/h3,5-6,9,11H,4,7-8,10,15H2,1-2H3. The molecule has 0 spiro atoms. The molecule has 0 bridgehead atoms. The van der Waals surface area contributed by atoms with E-state index in [4.69, 9.17) is 10.5 Å². The molecule has 6 nitrogen and oxygen atoms in total. The number of aryl methyl sites for hydroxylation is 1. The fraction of sp³-hybridized carbons (Fsp3) is 0.500. The zero-order valence-electron chi connectivity index (χ0n) is 12.0. The van der Waals surface area contributed by atoms with Crippen molar-refractivity contribution in [2.24, 2.45) is 5.92 Å². The van der Waals surface area contributed by atoms with Gasteiger partial charge in [0.1, 0.15) is 0 Å². The summed E-state index contributed by atoms with van der Waals surface area (Å²) < 4.78 is 7.34. The molecule has 0 atom stereocenters. The van der Waals surface area contributed by atoms with Gasteiger partial charge in [0.25, 0.3) is 0 Å². The number of nitrogens with two attached hydrogens (primary N) is 1. The highest BCUT2D eigenvalue weighted by molar-refractivity contribution is 5.60. The molecule has 0 fully saturated rings. The van der Waals surface area contributed by atoms with Crippen LogP contribution in [0.5, 0.6) is 0 Å². The molecule has 2 aromatic rings. The van der Waals surface area contributed by atoms with Gasteiger partial charge in [0.05, 0.1) is 0 Å². The summed E-state index contributed by atoms with van der Waals surface area (Å²) in [5.41, 5.74) is 7.42. The number of benzene rings is 1. The number of hydrogen-bond donors (Lipinski definition) is 1. The van der Waals surface area contributed by atoms with Gasteiger partial charge in [0.15, 0.2) is 5.82 Å². The number of tetrazole rings is 1. The summed E-state index contributed by atoms with van der Waals surface area (Å²) >= 11 is 0. The number of anilines is 1. The topological polar surface area (TPSA) is 78.8 Å². The predicted octanol–water partition coefficient (Wildman–Crippen LogP) is 1.98. The number of nitrogen functional groups attached to an aromatic ring is 1. The maximum absolute atomic E-state index is 5.78. The van der Waals surface area contributed by atoms with Crippen LogP contribution in [0, 0.1) is 5.92 Å². The number of aromatic nitrogens is 4. The molecule has 108 valence electrons. The van der Waals surface area contributed by atoms with Crippen molar-refractivity contribution in [1.29, 1.82) is 0 Å². The van der Waals surface area contributed by atoms with Gasteiger partial charge in [-0.1, -0.05) is 26.0 Å². The van der Waals surface area contributed by atoms with Crippen molar-refractivity contribution in [1.82, 2.24) is 20.2 Å². The third-order valence-electron chi connectivity index (χ3n) is 2.79. The van der Waals surface area contributed by atoms with Gasteiger partial charge in [0, 0.05) is 31.0 Å². The van der Waals surface area contributed by atoms with Gasteiger partial charge in [0.2, 0.25) is 0 Å². The third-order valence-corrected chi connectivity index (χ3v) is 2.79. The monoisotopic (exact) mass is 275 g/mol. The first kappa shape index (κ1) is 14.5. The SMILES string of the molecule is CC(C)COCCCn1nnnc1-c1cccc(N)c1. The number of nitrogens with zero attached hydrogens (tertiary/aromatic N) is 4. The number of rotatable bonds is 7. The van der Waals surface area contributed by atoms with Crippen molar-refractivity contribution in [3.05, 3.63) is 24.3 Å². The van der Waals surface area contributed by atoms with Crippen LogP contribution >= 0.6 is 0 Å². The summed E-state index contributed by atoms with van der Waals surface area (Å²) in [5.74, 6) is 1.30. The quantitative estimate of drug-likeness (QED) is 0.617. The lowest BCUT2D eigenvalue weighted by atomic mass is 10.2. The van der Waals surface area contributed by atoms with Crippen molar-refractivity contribution in [3.63, 3.8) is 0 Å².